The van der Waals surface area contributed by atoms with E-state index in [1.807, 2.05) is 21.6 Å². The van der Waals surface area contributed by atoms with E-state index < -0.39 is 0 Å². The predicted octanol–water partition coefficient (Wildman–Crippen LogP) is 1.89. The third kappa shape index (κ3) is 4.81. The van der Waals surface area contributed by atoms with Crippen LogP contribution in [0.25, 0.3) is 0 Å². The van der Waals surface area contributed by atoms with Crippen molar-refractivity contribution in [1.29, 1.82) is 0 Å². The fourth-order valence-corrected chi connectivity index (χ4v) is 3.65. The lowest BCUT2D eigenvalue weighted by molar-refractivity contribution is -0.0424. The molecule has 16 heavy (non-hydrogen) atoms. The average molecular weight is 266 g/mol. The van der Waals surface area contributed by atoms with Crippen molar-refractivity contribution in [3.05, 3.63) is 0 Å². The highest BCUT2D eigenvalue weighted by atomic mass is 33.1. The maximum absolute atomic E-state index is 5.36. The monoisotopic (exact) mass is 266 g/mol. The van der Waals surface area contributed by atoms with Gasteiger partial charge in [0.25, 0.3) is 0 Å². The highest BCUT2D eigenvalue weighted by Gasteiger charge is 2.16. The fourth-order valence-electron chi connectivity index (χ4n) is 1.55. The first kappa shape index (κ1) is 13.0. The molecule has 2 rings (SSSR count). The van der Waals surface area contributed by atoms with E-state index in [4.69, 9.17) is 18.9 Å². The van der Waals surface area contributed by atoms with Gasteiger partial charge in [-0.25, -0.2) is 0 Å². The second-order valence-corrected chi connectivity index (χ2v) is 6.27. The zero-order valence-corrected chi connectivity index (χ0v) is 10.9. The van der Waals surface area contributed by atoms with Crippen LogP contribution >= 0.6 is 21.6 Å². The Bertz CT molecular complexity index is 162. The Morgan fingerprint density at radius 3 is 1.44 bits per heavy atom. The SMILES string of the molecule is C1COC(CCSSCCC2OCCO2)O1. The van der Waals surface area contributed by atoms with Gasteiger partial charge in [-0.15, -0.1) is 0 Å². The molecule has 2 aliphatic rings. The molecular weight excluding hydrogens is 248 g/mol. The Labute approximate surface area is 104 Å². The lowest BCUT2D eigenvalue weighted by Gasteiger charge is -2.09. The molecule has 0 bridgehead atoms. The largest absolute Gasteiger partial charge is 0.350 e. The smallest absolute Gasteiger partial charge is 0.158 e. The van der Waals surface area contributed by atoms with Gasteiger partial charge >= 0.3 is 0 Å². The van der Waals surface area contributed by atoms with Gasteiger partial charge in [-0.3, -0.25) is 0 Å². The molecule has 0 amide bonds. The third-order valence-corrected chi connectivity index (χ3v) is 4.81. The molecule has 0 unspecified atom stereocenters. The van der Waals surface area contributed by atoms with Crippen LogP contribution in [0.15, 0.2) is 0 Å². The summed E-state index contributed by atoms with van der Waals surface area (Å²) in [5.41, 5.74) is 0. The molecule has 2 fully saturated rings. The standard InChI is InChI=1S/C10H18O4S2/c1(9-11-3-4-12-9)7-15-16-8-2-10-13-5-6-14-10/h9-10H,1-8H2. The normalized spacial score (nSPS) is 23.2. The summed E-state index contributed by atoms with van der Waals surface area (Å²) in [4.78, 5) is 0. The molecule has 2 heterocycles. The third-order valence-electron chi connectivity index (χ3n) is 2.34. The van der Waals surface area contributed by atoms with Crippen LogP contribution in [0.3, 0.4) is 0 Å². The quantitative estimate of drug-likeness (QED) is 0.517. The molecule has 2 aliphatic heterocycles. The molecule has 0 radical (unpaired) electrons. The van der Waals surface area contributed by atoms with E-state index in [1.54, 1.807) is 0 Å². The summed E-state index contributed by atoms with van der Waals surface area (Å²) in [6.45, 7) is 3.00. The van der Waals surface area contributed by atoms with Gasteiger partial charge in [0.15, 0.2) is 12.6 Å². The van der Waals surface area contributed by atoms with Crippen LogP contribution in [0.5, 0.6) is 0 Å². The van der Waals surface area contributed by atoms with Gasteiger partial charge in [-0.1, -0.05) is 21.6 Å². The number of rotatable bonds is 7. The second kappa shape index (κ2) is 7.79. The second-order valence-electron chi connectivity index (χ2n) is 3.56. The van der Waals surface area contributed by atoms with Crippen molar-refractivity contribution in [1.82, 2.24) is 0 Å². The molecule has 0 saturated carbocycles. The molecule has 0 aliphatic carbocycles. The van der Waals surface area contributed by atoms with Crippen LogP contribution < -0.4 is 0 Å². The van der Waals surface area contributed by atoms with Gasteiger partial charge in [-0.2, -0.15) is 0 Å². The summed E-state index contributed by atoms with van der Waals surface area (Å²) in [5.74, 6) is 2.14. The van der Waals surface area contributed by atoms with E-state index in [9.17, 15) is 0 Å². The van der Waals surface area contributed by atoms with Gasteiger partial charge in [0.1, 0.15) is 0 Å². The fraction of sp³-hybridized carbons (Fsp3) is 1.00. The minimum atomic E-state index is 0.0367. The Kier molecular flexibility index (Phi) is 6.32. The van der Waals surface area contributed by atoms with Crippen molar-refractivity contribution in [2.45, 2.75) is 25.4 Å². The van der Waals surface area contributed by atoms with Crippen LogP contribution in [0, 0.1) is 0 Å². The minimum absolute atomic E-state index is 0.0367. The molecule has 0 aromatic rings. The van der Waals surface area contributed by atoms with Crippen LogP contribution in [-0.4, -0.2) is 50.5 Å². The van der Waals surface area contributed by atoms with E-state index in [0.717, 1.165) is 50.8 Å². The molecule has 0 aromatic heterocycles. The highest BCUT2D eigenvalue weighted by molar-refractivity contribution is 8.76. The Balaban J connectivity index is 1.37. The molecular formula is C10H18O4S2. The Morgan fingerprint density at radius 1 is 0.688 bits per heavy atom. The maximum Gasteiger partial charge on any atom is 0.158 e. The molecule has 6 heteroatoms. The van der Waals surface area contributed by atoms with Crippen LogP contribution in [-0.2, 0) is 18.9 Å². The molecule has 2 saturated heterocycles. The maximum atomic E-state index is 5.36. The van der Waals surface area contributed by atoms with Crippen molar-refractivity contribution >= 4 is 21.6 Å². The zero-order chi connectivity index (χ0) is 11.1. The van der Waals surface area contributed by atoms with Crippen LogP contribution in [0.2, 0.25) is 0 Å². The van der Waals surface area contributed by atoms with Crippen molar-refractivity contribution in [3.63, 3.8) is 0 Å². The number of hydrogen-bond acceptors (Lipinski definition) is 6. The van der Waals surface area contributed by atoms with Crippen molar-refractivity contribution in [2.24, 2.45) is 0 Å². The van der Waals surface area contributed by atoms with E-state index in [1.165, 1.54) is 0 Å². The predicted molar refractivity (Wildman–Crippen MR) is 65.5 cm³/mol. The first-order chi connectivity index (χ1) is 7.95. The van der Waals surface area contributed by atoms with Gasteiger partial charge in [0.05, 0.1) is 26.4 Å². The molecule has 0 aromatic carbocycles. The summed E-state index contributed by atoms with van der Waals surface area (Å²) in [6, 6.07) is 0. The first-order valence-corrected chi connectivity index (χ1v) is 8.15. The molecule has 0 N–H and O–H groups in total. The average Bonchev–Trinajstić information content (AvgIpc) is 2.96. The van der Waals surface area contributed by atoms with E-state index in [-0.39, 0.29) is 12.6 Å². The topological polar surface area (TPSA) is 36.9 Å². The van der Waals surface area contributed by atoms with E-state index in [0.29, 0.717) is 0 Å². The molecule has 0 atom stereocenters. The Hall–Kier alpha value is 0.540. The lowest BCUT2D eigenvalue weighted by atomic mass is 10.5. The zero-order valence-electron chi connectivity index (χ0n) is 9.26. The molecule has 4 nitrogen and oxygen atoms in total. The van der Waals surface area contributed by atoms with E-state index >= 15 is 0 Å². The van der Waals surface area contributed by atoms with Crippen LogP contribution in [0.1, 0.15) is 12.8 Å². The molecule has 0 spiro atoms. The molecule has 94 valence electrons. The highest BCUT2D eigenvalue weighted by Crippen LogP contribution is 2.25. The van der Waals surface area contributed by atoms with Crippen LogP contribution in [0.4, 0.5) is 0 Å². The summed E-state index contributed by atoms with van der Waals surface area (Å²) in [7, 11) is 3.74. The number of ether oxygens (including phenoxy) is 4. The minimum Gasteiger partial charge on any atom is -0.350 e. The summed E-state index contributed by atoms with van der Waals surface area (Å²) < 4.78 is 21.4. The summed E-state index contributed by atoms with van der Waals surface area (Å²) in [6.07, 6.45) is 2.03. The number of hydrogen-bond donors (Lipinski definition) is 0. The van der Waals surface area contributed by atoms with Crippen molar-refractivity contribution < 1.29 is 18.9 Å². The van der Waals surface area contributed by atoms with Gasteiger partial charge in [0.2, 0.25) is 0 Å². The Morgan fingerprint density at radius 2 is 1.06 bits per heavy atom. The van der Waals surface area contributed by atoms with Gasteiger partial charge in [0, 0.05) is 24.3 Å². The van der Waals surface area contributed by atoms with Gasteiger partial charge in [-0.05, 0) is 0 Å². The van der Waals surface area contributed by atoms with Crippen molar-refractivity contribution in [3.8, 4) is 0 Å². The van der Waals surface area contributed by atoms with Gasteiger partial charge < -0.3 is 18.9 Å². The lowest BCUT2D eigenvalue weighted by Crippen LogP contribution is -2.08. The summed E-state index contributed by atoms with van der Waals surface area (Å²) in [5, 5.41) is 0. The van der Waals surface area contributed by atoms with Crippen molar-refractivity contribution in [2.75, 3.05) is 37.9 Å². The first-order valence-electron chi connectivity index (χ1n) is 5.66. The summed E-state index contributed by atoms with van der Waals surface area (Å²) >= 11 is 0. The van der Waals surface area contributed by atoms with E-state index in [2.05, 4.69) is 0 Å².